The van der Waals surface area contributed by atoms with Gasteiger partial charge >= 0.3 is 0 Å². The number of methoxy groups -OCH3 is 1. The molecule has 0 spiro atoms. The summed E-state index contributed by atoms with van der Waals surface area (Å²) < 4.78 is 5.27. The number of thiophene rings is 1. The highest BCUT2D eigenvalue weighted by molar-refractivity contribution is 7.09. The van der Waals surface area contributed by atoms with Crippen molar-refractivity contribution in [3.8, 4) is 5.75 Å². The lowest BCUT2D eigenvalue weighted by molar-refractivity contribution is -0.120. The fourth-order valence-corrected chi connectivity index (χ4v) is 3.01. The molecule has 0 aliphatic rings. The second-order valence-electron chi connectivity index (χ2n) is 5.01. The molecule has 1 heterocycles. The second-order valence-corrected chi connectivity index (χ2v) is 6.04. The first-order valence-electron chi connectivity index (χ1n) is 7.36. The van der Waals surface area contributed by atoms with E-state index in [9.17, 15) is 4.79 Å². The number of likely N-dealkylation sites (N-methyl/N-ethyl adjacent to an activating group) is 1. The molecular formula is C17H22N2O2S. The molecule has 0 bridgehead atoms. The Bertz CT molecular complexity index is 598. The minimum absolute atomic E-state index is 0.0251. The molecule has 0 unspecified atom stereocenters. The third kappa shape index (κ3) is 4.08. The van der Waals surface area contributed by atoms with Crippen molar-refractivity contribution in [3.63, 3.8) is 0 Å². The van der Waals surface area contributed by atoms with Gasteiger partial charge in [-0.25, -0.2) is 0 Å². The average Bonchev–Trinajstić information content (AvgIpc) is 3.05. The van der Waals surface area contributed by atoms with Crippen LogP contribution in [-0.2, 0) is 11.3 Å². The van der Waals surface area contributed by atoms with Crippen molar-refractivity contribution in [1.29, 1.82) is 0 Å². The van der Waals surface area contributed by atoms with E-state index in [1.807, 2.05) is 37.3 Å². The van der Waals surface area contributed by atoms with Crippen LogP contribution in [0.2, 0.25) is 0 Å². The predicted octanol–water partition coefficient (Wildman–Crippen LogP) is 3.61. The Morgan fingerprint density at radius 1 is 1.32 bits per heavy atom. The van der Waals surface area contributed by atoms with Crippen LogP contribution < -0.4 is 10.1 Å². The summed E-state index contributed by atoms with van der Waals surface area (Å²) in [5.41, 5.74) is 0.703. The molecule has 1 amide bonds. The van der Waals surface area contributed by atoms with Gasteiger partial charge in [0.25, 0.3) is 0 Å². The third-order valence-corrected chi connectivity index (χ3v) is 4.50. The number of hydrogen-bond acceptors (Lipinski definition) is 4. The summed E-state index contributed by atoms with van der Waals surface area (Å²) in [5, 5.41) is 5.01. The van der Waals surface area contributed by atoms with Crippen molar-refractivity contribution >= 4 is 22.9 Å². The second kappa shape index (κ2) is 7.96. The van der Waals surface area contributed by atoms with Gasteiger partial charge in [-0.15, -0.1) is 11.3 Å². The minimum Gasteiger partial charge on any atom is -0.495 e. The number of benzene rings is 1. The summed E-state index contributed by atoms with van der Waals surface area (Å²) >= 11 is 1.71. The molecule has 22 heavy (non-hydrogen) atoms. The third-order valence-electron chi connectivity index (χ3n) is 3.64. The molecule has 2 aromatic rings. The zero-order valence-electron chi connectivity index (χ0n) is 13.2. The first-order chi connectivity index (χ1) is 10.7. The van der Waals surface area contributed by atoms with Gasteiger partial charge in [0.15, 0.2) is 0 Å². The Hall–Kier alpha value is -1.85. The zero-order valence-corrected chi connectivity index (χ0v) is 14.0. The Morgan fingerprint density at radius 2 is 2.09 bits per heavy atom. The molecule has 4 nitrogen and oxygen atoms in total. The Balaban J connectivity index is 2.03. The molecule has 0 saturated carbocycles. The highest BCUT2D eigenvalue weighted by atomic mass is 32.1. The molecule has 0 aliphatic carbocycles. The number of anilines is 1. The summed E-state index contributed by atoms with van der Waals surface area (Å²) in [6.07, 6.45) is 0. The van der Waals surface area contributed by atoms with Crippen LogP contribution in [0.15, 0.2) is 41.8 Å². The molecule has 0 aliphatic heterocycles. The van der Waals surface area contributed by atoms with Crippen molar-refractivity contribution in [2.24, 2.45) is 0 Å². The van der Waals surface area contributed by atoms with E-state index in [0.29, 0.717) is 11.4 Å². The maximum absolute atomic E-state index is 12.5. The standard InChI is InChI=1S/C17H22N2O2S/c1-4-19(12-14-8-7-11-22-14)13(2)17(20)18-15-9-5-6-10-16(15)21-3/h5-11,13H,4,12H2,1-3H3,(H,18,20)/t13-/m0/s1. The van der Waals surface area contributed by atoms with Crippen molar-refractivity contribution in [2.75, 3.05) is 19.0 Å². The summed E-state index contributed by atoms with van der Waals surface area (Å²) in [5.74, 6) is 0.646. The summed E-state index contributed by atoms with van der Waals surface area (Å²) in [7, 11) is 1.60. The molecule has 1 N–H and O–H groups in total. The van der Waals surface area contributed by atoms with Gasteiger partial charge in [0.05, 0.1) is 18.8 Å². The Morgan fingerprint density at radius 3 is 2.73 bits per heavy atom. The van der Waals surface area contributed by atoms with Gasteiger partial charge in [0.1, 0.15) is 5.75 Å². The number of rotatable bonds is 7. The molecular weight excluding hydrogens is 296 g/mol. The van der Waals surface area contributed by atoms with Crippen molar-refractivity contribution in [2.45, 2.75) is 26.4 Å². The average molecular weight is 318 g/mol. The molecule has 0 saturated heterocycles. The number of ether oxygens (including phenoxy) is 1. The lowest BCUT2D eigenvalue weighted by atomic mass is 10.2. The van der Waals surface area contributed by atoms with Crippen LogP contribution >= 0.6 is 11.3 Å². The molecule has 0 radical (unpaired) electrons. The van der Waals surface area contributed by atoms with E-state index in [-0.39, 0.29) is 11.9 Å². The van der Waals surface area contributed by atoms with Gasteiger partial charge in [0, 0.05) is 11.4 Å². The van der Waals surface area contributed by atoms with Gasteiger partial charge < -0.3 is 10.1 Å². The van der Waals surface area contributed by atoms with Crippen LogP contribution in [0.3, 0.4) is 0 Å². The Kier molecular flexibility index (Phi) is 5.98. The van der Waals surface area contributed by atoms with E-state index in [4.69, 9.17) is 4.74 Å². The fraction of sp³-hybridized carbons (Fsp3) is 0.353. The molecule has 1 atom stereocenters. The number of nitrogens with one attached hydrogen (secondary N) is 1. The molecule has 5 heteroatoms. The highest BCUT2D eigenvalue weighted by Gasteiger charge is 2.21. The first kappa shape index (κ1) is 16.5. The number of hydrogen-bond donors (Lipinski definition) is 1. The van der Waals surface area contributed by atoms with Crippen LogP contribution in [0.4, 0.5) is 5.69 Å². The van der Waals surface area contributed by atoms with Gasteiger partial charge in [-0.05, 0) is 37.0 Å². The monoisotopic (exact) mass is 318 g/mol. The van der Waals surface area contributed by atoms with E-state index in [2.05, 4.69) is 28.6 Å². The van der Waals surface area contributed by atoms with Gasteiger partial charge in [0.2, 0.25) is 5.91 Å². The topological polar surface area (TPSA) is 41.6 Å². The van der Waals surface area contributed by atoms with Gasteiger partial charge in [-0.2, -0.15) is 0 Å². The largest absolute Gasteiger partial charge is 0.495 e. The fourth-order valence-electron chi connectivity index (χ4n) is 2.28. The summed E-state index contributed by atoms with van der Waals surface area (Å²) in [6.45, 7) is 5.61. The van der Waals surface area contributed by atoms with Crippen molar-refractivity contribution in [1.82, 2.24) is 4.90 Å². The van der Waals surface area contributed by atoms with E-state index < -0.39 is 0 Å². The number of carbonyl (C=O) groups is 1. The van der Waals surface area contributed by atoms with Crippen LogP contribution in [-0.4, -0.2) is 30.5 Å². The van der Waals surface area contributed by atoms with Gasteiger partial charge in [-0.3, -0.25) is 9.69 Å². The van der Waals surface area contributed by atoms with Crippen LogP contribution in [0.25, 0.3) is 0 Å². The maximum Gasteiger partial charge on any atom is 0.241 e. The number of amides is 1. The van der Waals surface area contributed by atoms with E-state index in [0.717, 1.165) is 13.1 Å². The zero-order chi connectivity index (χ0) is 15.9. The molecule has 1 aromatic heterocycles. The van der Waals surface area contributed by atoms with Crippen molar-refractivity contribution in [3.05, 3.63) is 46.7 Å². The number of nitrogens with zero attached hydrogens (tertiary/aromatic N) is 1. The minimum atomic E-state index is -0.211. The SMILES string of the molecule is CCN(Cc1cccs1)[C@@H](C)C(=O)Nc1ccccc1OC. The van der Waals surface area contributed by atoms with E-state index in [1.165, 1.54) is 4.88 Å². The predicted molar refractivity (Wildman–Crippen MR) is 91.5 cm³/mol. The van der Waals surface area contributed by atoms with Crippen LogP contribution in [0, 0.1) is 0 Å². The highest BCUT2D eigenvalue weighted by Crippen LogP contribution is 2.23. The van der Waals surface area contributed by atoms with E-state index >= 15 is 0 Å². The molecule has 1 aromatic carbocycles. The van der Waals surface area contributed by atoms with Crippen LogP contribution in [0.5, 0.6) is 5.75 Å². The lowest BCUT2D eigenvalue weighted by Crippen LogP contribution is -2.41. The molecule has 118 valence electrons. The van der Waals surface area contributed by atoms with E-state index in [1.54, 1.807) is 18.4 Å². The summed E-state index contributed by atoms with van der Waals surface area (Å²) in [4.78, 5) is 15.9. The summed E-state index contributed by atoms with van der Waals surface area (Å²) in [6, 6.07) is 11.4. The molecule has 0 fully saturated rings. The number of carbonyl (C=O) groups excluding carboxylic acids is 1. The van der Waals surface area contributed by atoms with Crippen molar-refractivity contribution < 1.29 is 9.53 Å². The lowest BCUT2D eigenvalue weighted by Gasteiger charge is -2.26. The smallest absolute Gasteiger partial charge is 0.241 e. The Labute approximate surface area is 135 Å². The quantitative estimate of drug-likeness (QED) is 0.848. The van der Waals surface area contributed by atoms with Gasteiger partial charge in [-0.1, -0.05) is 25.1 Å². The van der Waals surface area contributed by atoms with Crippen LogP contribution in [0.1, 0.15) is 18.7 Å². The molecule has 2 rings (SSSR count). The first-order valence-corrected chi connectivity index (χ1v) is 8.24. The normalized spacial score (nSPS) is 12.2. The maximum atomic E-state index is 12.5. The number of para-hydroxylation sites is 2.